The van der Waals surface area contributed by atoms with Crippen LogP contribution in [0, 0.1) is 25.2 Å². The van der Waals surface area contributed by atoms with E-state index in [1.54, 1.807) is 4.57 Å². The lowest BCUT2D eigenvalue weighted by molar-refractivity contribution is -0.119. The molecule has 0 aliphatic rings. The fraction of sp³-hybridized carbons (Fsp3) is 0.375. The maximum atomic E-state index is 12.8. The molecule has 2 aromatic rings. The second-order valence-electron chi connectivity index (χ2n) is 5.32. The number of nitrogen functional groups attached to an aromatic ring is 1. The average Bonchev–Trinajstić information content (AvgIpc) is 2.92. The van der Waals surface area contributed by atoms with Gasteiger partial charge in [0.2, 0.25) is 11.9 Å². The van der Waals surface area contributed by atoms with Crippen molar-refractivity contribution >= 4 is 29.3 Å². The van der Waals surface area contributed by atoms with E-state index in [2.05, 4.69) is 15.5 Å². The van der Waals surface area contributed by atoms with E-state index < -0.39 is 6.04 Å². The van der Waals surface area contributed by atoms with Crippen molar-refractivity contribution < 1.29 is 4.79 Å². The zero-order chi connectivity index (χ0) is 17.7. The quantitative estimate of drug-likeness (QED) is 0.780. The highest BCUT2D eigenvalue weighted by Crippen LogP contribution is 2.27. The van der Waals surface area contributed by atoms with E-state index in [-0.39, 0.29) is 17.6 Å². The number of nitriles is 1. The van der Waals surface area contributed by atoms with Gasteiger partial charge in [0, 0.05) is 5.69 Å². The van der Waals surface area contributed by atoms with Gasteiger partial charge in [0.05, 0.1) is 11.8 Å². The number of carbonyl (C=O) groups excluding carboxylic acids is 1. The minimum atomic E-state index is -0.541. The first kappa shape index (κ1) is 17.8. The van der Waals surface area contributed by atoms with Crippen LogP contribution in [0.2, 0.25) is 0 Å². The molecule has 1 aromatic heterocycles. The van der Waals surface area contributed by atoms with Crippen molar-refractivity contribution in [1.29, 1.82) is 5.26 Å². The van der Waals surface area contributed by atoms with E-state index in [0.29, 0.717) is 11.6 Å². The highest BCUT2D eigenvalue weighted by atomic mass is 32.2. The standard InChI is InChI=1S/C16H20N6OS/c1-4-13(22-15(18)20-21-16(22)24-9-8-17)14(23)19-12-7-5-6-10(2)11(12)3/h5-7,13H,4,9H2,1-3H3,(H2,18,20)(H,19,23). The van der Waals surface area contributed by atoms with E-state index in [1.165, 1.54) is 11.8 Å². The Morgan fingerprint density at radius 2 is 2.21 bits per heavy atom. The Bertz CT molecular complexity index is 779. The number of carbonyl (C=O) groups is 1. The van der Waals surface area contributed by atoms with Gasteiger partial charge in [0.1, 0.15) is 6.04 Å². The molecule has 126 valence electrons. The van der Waals surface area contributed by atoms with Crippen molar-refractivity contribution in [3.8, 4) is 6.07 Å². The van der Waals surface area contributed by atoms with Crippen LogP contribution in [0.25, 0.3) is 0 Å². The summed E-state index contributed by atoms with van der Waals surface area (Å²) in [6.07, 6.45) is 0.527. The number of hydrogen-bond acceptors (Lipinski definition) is 6. The summed E-state index contributed by atoms with van der Waals surface area (Å²) in [6, 6.07) is 7.26. The molecule has 1 heterocycles. The van der Waals surface area contributed by atoms with Gasteiger partial charge in [-0.3, -0.25) is 9.36 Å². The fourth-order valence-corrected chi connectivity index (χ4v) is 3.02. The van der Waals surface area contributed by atoms with Crippen LogP contribution in [0.15, 0.2) is 23.4 Å². The van der Waals surface area contributed by atoms with Gasteiger partial charge in [-0.25, -0.2) is 0 Å². The first-order valence-corrected chi connectivity index (χ1v) is 8.55. The second-order valence-corrected chi connectivity index (χ2v) is 6.26. The van der Waals surface area contributed by atoms with E-state index >= 15 is 0 Å². The molecule has 0 spiro atoms. The lowest BCUT2D eigenvalue weighted by atomic mass is 10.1. The van der Waals surface area contributed by atoms with E-state index in [4.69, 9.17) is 11.0 Å². The fourth-order valence-electron chi connectivity index (χ4n) is 2.36. The molecule has 2 rings (SSSR count). The Kier molecular flexibility index (Phi) is 5.82. The molecule has 1 unspecified atom stereocenters. The van der Waals surface area contributed by atoms with Crippen LogP contribution in [-0.2, 0) is 4.79 Å². The van der Waals surface area contributed by atoms with Crippen molar-refractivity contribution in [2.45, 2.75) is 38.4 Å². The molecule has 1 atom stereocenters. The third kappa shape index (κ3) is 3.68. The van der Waals surface area contributed by atoms with Crippen LogP contribution in [-0.4, -0.2) is 26.4 Å². The number of aryl methyl sites for hydroxylation is 1. The molecule has 1 aromatic carbocycles. The van der Waals surface area contributed by atoms with Gasteiger partial charge >= 0.3 is 0 Å². The maximum Gasteiger partial charge on any atom is 0.247 e. The Morgan fingerprint density at radius 3 is 2.88 bits per heavy atom. The number of anilines is 2. The molecule has 0 bridgehead atoms. The van der Waals surface area contributed by atoms with Crippen LogP contribution in [0.4, 0.5) is 11.6 Å². The molecule has 0 aliphatic carbocycles. The molecule has 0 fully saturated rings. The molecule has 0 saturated heterocycles. The molecular weight excluding hydrogens is 324 g/mol. The summed E-state index contributed by atoms with van der Waals surface area (Å²) in [6.45, 7) is 5.86. The van der Waals surface area contributed by atoms with Crippen LogP contribution in [0.1, 0.15) is 30.5 Å². The van der Waals surface area contributed by atoms with Gasteiger partial charge in [-0.1, -0.05) is 30.8 Å². The minimum absolute atomic E-state index is 0.165. The topological polar surface area (TPSA) is 110 Å². The van der Waals surface area contributed by atoms with Gasteiger partial charge in [-0.05, 0) is 37.5 Å². The minimum Gasteiger partial charge on any atom is -0.368 e. The average molecular weight is 344 g/mol. The Labute approximate surface area is 145 Å². The van der Waals surface area contributed by atoms with E-state index in [9.17, 15) is 4.79 Å². The zero-order valence-corrected chi connectivity index (χ0v) is 14.7. The molecule has 0 aliphatic heterocycles. The monoisotopic (exact) mass is 344 g/mol. The Hall–Kier alpha value is -2.53. The summed E-state index contributed by atoms with van der Waals surface area (Å²) in [5.74, 6) is 0.197. The van der Waals surface area contributed by atoms with Crippen molar-refractivity contribution in [2.75, 3.05) is 16.8 Å². The molecule has 0 saturated carbocycles. The number of thioether (sulfide) groups is 1. The number of hydrogen-bond donors (Lipinski definition) is 2. The van der Waals surface area contributed by atoms with Crippen molar-refractivity contribution in [3.05, 3.63) is 29.3 Å². The summed E-state index contributed by atoms with van der Waals surface area (Å²) in [5, 5.41) is 20.0. The molecular formula is C16H20N6OS. The van der Waals surface area contributed by atoms with Crippen LogP contribution >= 0.6 is 11.8 Å². The Morgan fingerprint density at radius 1 is 1.46 bits per heavy atom. The summed E-state index contributed by atoms with van der Waals surface area (Å²) < 4.78 is 1.59. The molecule has 1 amide bonds. The highest BCUT2D eigenvalue weighted by Gasteiger charge is 2.25. The molecule has 3 N–H and O–H groups in total. The summed E-state index contributed by atoms with van der Waals surface area (Å²) in [5.41, 5.74) is 8.79. The highest BCUT2D eigenvalue weighted by molar-refractivity contribution is 7.99. The lowest BCUT2D eigenvalue weighted by Gasteiger charge is -2.20. The molecule has 0 radical (unpaired) electrons. The van der Waals surface area contributed by atoms with Crippen LogP contribution < -0.4 is 11.1 Å². The lowest BCUT2D eigenvalue weighted by Crippen LogP contribution is -2.27. The van der Waals surface area contributed by atoms with Gasteiger partial charge in [0.25, 0.3) is 0 Å². The smallest absolute Gasteiger partial charge is 0.247 e. The van der Waals surface area contributed by atoms with Gasteiger partial charge in [0.15, 0.2) is 5.16 Å². The molecule has 7 nitrogen and oxygen atoms in total. The molecule has 24 heavy (non-hydrogen) atoms. The Balaban J connectivity index is 2.28. The van der Waals surface area contributed by atoms with E-state index in [1.807, 2.05) is 45.0 Å². The number of aromatic nitrogens is 3. The summed E-state index contributed by atoms with van der Waals surface area (Å²) in [4.78, 5) is 12.8. The van der Waals surface area contributed by atoms with Gasteiger partial charge < -0.3 is 11.1 Å². The van der Waals surface area contributed by atoms with Crippen LogP contribution in [0.3, 0.4) is 0 Å². The predicted octanol–water partition coefficient (Wildman–Crippen LogP) is 2.68. The largest absolute Gasteiger partial charge is 0.368 e. The van der Waals surface area contributed by atoms with Crippen LogP contribution in [0.5, 0.6) is 0 Å². The zero-order valence-electron chi connectivity index (χ0n) is 13.9. The predicted molar refractivity (Wildman–Crippen MR) is 94.6 cm³/mol. The summed E-state index contributed by atoms with van der Waals surface area (Å²) >= 11 is 1.21. The third-order valence-electron chi connectivity index (χ3n) is 3.82. The third-order valence-corrected chi connectivity index (χ3v) is 4.63. The normalized spacial score (nSPS) is 11.8. The number of rotatable bonds is 6. The van der Waals surface area contributed by atoms with Gasteiger partial charge in [-0.2, -0.15) is 5.26 Å². The SMILES string of the molecule is CCC(C(=O)Nc1cccc(C)c1C)n1c(N)nnc1SCC#N. The summed E-state index contributed by atoms with van der Waals surface area (Å²) in [7, 11) is 0. The second kappa shape index (κ2) is 7.84. The number of nitrogens with one attached hydrogen (secondary N) is 1. The van der Waals surface area contributed by atoms with Gasteiger partial charge in [-0.15, -0.1) is 10.2 Å². The first-order chi connectivity index (χ1) is 11.5. The number of amides is 1. The van der Waals surface area contributed by atoms with E-state index in [0.717, 1.165) is 16.8 Å². The number of benzene rings is 1. The van der Waals surface area contributed by atoms with Crippen molar-refractivity contribution in [2.24, 2.45) is 0 Å². The van der Waals surface area contributed by atoms with Crippen molar-refractivity contribution in [3.63, 3.8) is 0 Å². The van der Waals surface area contributed by atoms with Crippen molar-refractivity contribution in [1.82, 2.24) is 14.8 Å². The number of nitrogens with zero attached hydrogens (tertiary/aromatic N) is 4. The maximum absolute atomic E-state index is 12.8. The first-order valence-electron chi connectivity index (χ1n) is 7.56. The molecule has 8 heteroatoms. The number of nitrogens with two attached hydrogens (primary N) is 1.